The maximum absolute atomic E-state index is 13.3. The summed E-state index contributed by atoms with van der Waals surface area (Å²) in [7, 11) is -3.95. The Morgan fingerprint density at radius 3 is 2.55 bits per heavy atom. The quantitative estimate of drug-likeness (QED) is 0.146. The fourth-order valence-corrected chi connectivity index (χ4v) is 7.97. The van der Waals surface area contributed by atoms with Gasteiger partial charge in [0.25, 0.3) is 16.1 Å². The van der Waals surface area contributed by atoms with E-state index >= 15 is 0 Å². The third kappa shape index (κ3) is 5.96. The van der Waals surface area contributed by atoms with Crippen molar-refractivity contribution in [1.29, 1.82) is 0 Å². The van der Waals surface area contributed by atoms with E-state index in [1.54, 1.807) is 6.92 Å². The Labute approximate surface area is 233 Å². The highest BCUT2D eigenvalue weighted by Gasteiger charge is 2.60. The molecule has 4 heterocycles. The van der Waals surface area contributed by atoms with Crippen molar-refractivity contribution in [3.05, 3.63) is 10.6 Å². The van der Waals surface area contributed by atoms with Crippen LogP contribution in [0.4, 0.5) is 8.78 Å². The standard InChI is InChI=1S/C22H33F2N7O7S2/c1-8-15-14(9(2)29-19(32)18(23)24)21(34)31(15)16(22(35)36)17(8)39-12-4-13(27-6-12)20(33)30-7-10(25)3-11(30)5-28-40(26,37)38/h8-15,18,27-28H,3-7,25H2,1-2H3,(H,29,32)(H,35,36)(H2,26,37,38)/t8-,9-,10+,11+,12+,13+,14-,15-/m1/s1. The van der Waals surface area contributed by atoms with Crippen LogP contribution in [0.25, 0.3) is 0 Å². The number of nitrogens with two attached hydrogens (primary N) is 2. The Kier molecular flexibility index (Phi) is 8.77. The minimum absolute atomic E-state index is 0.0713. The van der Waals surface area contributed by atoms with Gasteiger partial charge < -0.3 is 31.3 Å². The van der Waals surface area contributed by atoms with Gasteiger partial charge in [-0.25, -0.2) is 14.7 Å². The molecular weight excluding hydrogens is 576 g/mol. The van der Waals surface area contributed by atoms with Crippen LogP contribution in [0.5, 0.6) is 0 Å². The summed E-state index contributed by atoms with van der Waals surface area (Å²) < 4.78 is 50.3. The van der Waals surface area contributed by atoms with E-state index < -0.39 is 70.4 Å². The van der Waals surface area contributed by atoms with Crippen LogP contribution in [0.2, 0.25) is 0 Å². The number of carbonyl (C=O) groups is 4. The molecular formula is C22H33F2N7O7S2. The normalized spacial score (nSPS) is 32.9. The van der Waals surface area contributed by atoms with Gasteiger partial charge in [0.15, 0.2) is 0 Å². The number of alkyl halides is 2. The number of halogens is 2. The van der Waals surface area contributed by atoms with E-state index in [1.807, 2.05) is 0 Å². The number of nitrogens with one attached hydrogen (secondary N) is 3. The molecule has 18 heteroatoms. The number of carbonyl (C=O) groups excluding carboxylic acids is 3. The Hall–Kier alpha value is -2.38. The first-order valence-corrected chi connectivity index (χ1v) is 15.2. The smallest absolute Gasteiger partial charge is 0.353 e. The molecule has 3 fully saturated rings. The van der Waals surface area contributed by atoms with Gasteiger partial charge in [-0.2, -0.15) is 17.2 Å². The SMILES string of the molecule is C[C@@H](NC(=O)C(F)F)[C@H]1C(=O)N2C(C(=O)O)=C(S[C@@H]3CN[C@H](C(=O)N4C[C@@H](N)C[C@H]4CNS(N)(=O)=O)C3)[C@H](C)[C@H]12. The molecule has 4 aliphatic rings. The van der Waals surface area contributed by atoms with Crippen molar-refractivity contribution in [1.82, 2.24) is 25.2 Å². The molecule has 0 aromatic carbocycles. The summed E-state index contributed by atoms with van der Waals surface area (Å²) in [6.07, 6.45) is -2.50. The third-order valence-corrected chi connectivity index (χ3v) is 9.91. The van der Waals surface area contributed by atoms with Gasteiger partial charge in [0.2, 0.25) is 11.8 Å². The molecule has 0 aromatic heterocycles. The number of rotatable bonds is 10. The van der Waals surface area contributed by atoms with E-state index in [0.717, 1.165) is 4.90 Å². The van der Waals surface area contributed by atoms with Crippen molar-refractivity contribution in [2.45, 2.75) is 68.6 Å². The molecule has 0 radical (unpaired) electrons. The highest BCUT2D eigenvalue weighted by molar-refractivity contribution is 8.03. The topological polar surface area (TPSA) is 217 Å². The Morgan fingerprint density at radius 1 is 1.27 bits per heavy atom. The fraction of sp³-hybridized carbons (Fsp3) is 0.727. The van der Waals surface area contributed by atoms with Crippen molar-refractivity contribution in [2.24, 2.45) is 22.7 Å². The minimum atomic E-state index is -3.95. The second-order valence-corrected chi connectivity index (χ2v) is 13.3. The third-order valence-electron chi connectivity index (χ3n) is 7.83. The molecule has 8 N–H and O–H groups in total. The number of thioether (sulfide) groups is 1. The van der Waals surface area contributed by atoms with Crippen LogP contribution >= 0.6 is 11.8 Å². The Morgan fingerprint density at radius 2 is 1.95 bits per heavy atom. The van der Waals surface area contributed by atoms with Crippen LogP contribution in [-0.2, 0) is 29.4 Å². The maximum atomic E-state index is 13.3. The number of hydrogen-bond acceptors (Lipinski definition) is 9. The molecule has 0 aromatic rings. The number of nitrogens with zero attached hydrogens (tertiary/aromatic N) is 2. The molecule has 40 heavy (non-hydrogen) atoms. The second-order valence-electron chi connectivity index (χ2n) is 10.6. The molecule has 3 amide bonds. The lowest BCUT2D eigenvalue weighted by Gasteiger charge is -2.47. The van der Waals surface area contributed by atoms with Crippen LogP contribution in [0.1, 0.15) is 26.7 Å². The average molecular weight is 610 g/mol. The number of likely N-dealkylation sites (tertiary alicyclic amines) is 1. The largest absolute Gasteiger partial charge is 0.477 e. The zero-order valence-corrected chi connectivity index (χ0v) is 23.4. The number of fused-ring (bicyclic) bond motifs is 1. The predicted molar refractivity (Wildman–Crippen MR) is 139 cm³/mol. The zero-order valence-electron chi connectivity index (χ0n) is 21.7. The van der Waals surface area contributed by atoms with E-state index in [4.69, 9.17) is 10.9 Å². The van der Waals surface area contributed by atoms with Gasteiger partial charge in [-0.15, -0.1) is 11.8 Å². The lowest BCUT2D eigenvalue weighted by Crippen LogP contribution is -2.66. The van der Waals surface area contributed by atoms with Crippen LogP contribution in [0.3, 0.4) is 0 Å². The molecule has 3 saturated heterocycles. The first-order chi connectivity index (χ1) is 18.6. The molecule has 8 atom stereocenters. The summed E-state index contributed by atoms with van der Waals surface area (Å²) in [5.74, 6) is -4.92. The lowest BCUT2D eigenvalue weighted by atomic mass is 9.78. The summed E-state index contributed by atoms with van der Waals surface area (Å²) in [4.78, 5) is 53.0. The van der Waals surface area contributed by atoms with Crippen LogP contribution in [-0.4, -0.2) is 109 Å². The van der Waals surface area contributed by atoms with Gasteiger partial charge in [-0.1, -0.05) is 6.92 Å². The number of amides is 3. The summed E-state index contributed by atoms with van der Waals surface area (Å²) in [6, 6.07) is -2.94. The lowest BCUT2D eigenvalue weighted by molar-refractivity contribution is -0.159. The van der Waals surface area contributed by atoms with Crippen molar-refractivity contribution >= 4 is 45.7 Å². The average Bonchev–Trinajstić information content (AvgIpc) is 3.53. The minimum Gasteiger partial charge on any atom is -0.477 e. The van der Waals surface area contributed by atoms with Crippen molar-refractivity contribution in [3.63, 3.8) is 0 Å². The number of carboxylic acids is 1. The Bertz CT molecular complexity index is 1220. The summed E-state index contributed by atoms with van der Waals surface area (Å²) in [5.41, 5.74) is 5.85. The second kappa shape index (κ2) is 11.5. The van der Waals surface area contributed by atoms with Crippen LogP contribution < -0.4 is 26.2 Å². The fourth-order valence-electron chi connectivity index (χ4n) is 6.06. The first-order valence-electron chi connectivity index (χ1n) is 12.7. The van der Waals surface area contributed by atoms with Crippen molar-refractivity contribution in [2.75, 3.05) is 19.6 Å². The van der Waals surface area contributed by atoms with Gasteiger partial charge in [-0.3, -0.25) is 14.4 Å². The van der Waals surface area contributed by atoms with E-state index in [1.165, 1.54) is 23.6 Å². The molecule has 14 nitrogen and oxygen atoms in total. The molecule has 4 aliphatic heterocycles. The molecule has 0 spiro atoms. The monoisotopic (exact) mass is 609 g/mol. The van der Waals surface area contributed by atoms with E-state index in [-0.39, 0.29) is 36.0 Å². The van der Waals surface area contributed by atoms with Crippen molar-refractivity contribution in [3.8, 4) is 0 Å². The van der Waals surface area contributed by atoms with Gasteiger partial charge >= 0.3 is 12.4 Å². The van der Waals surface area contributed by atoms with Crippen LogP contribution in [0, 0.1) is 11.8 Å². The number of β-lactam (4-membered cyclic amide) rings is 1. The number of hydrogen-bond donors (Lipinski definition) is 6. The van der Waals surface area contributed by atoms with E-state index in [0.29, 0.717) is 24.3 Å². The molecule has 4 rings (SSSR count). The zero-order chi connectivity index (χ0) is 29.7. The Balaban J connectivity index is 1.42. The first kappa shape index (κ1) is 30.6. The molecule has 0 aliphatic carbocycles. The van der Waals surface area contributed by atoms with E-state index in [9.17, 15) is 41.5 Å². The van der Waals surface area contributed by atoms with Gasteiger partial charge in [0.05, 0.1) is 18.0 Å². The summed E-state index contributed by atoms with van der Waals surface area (Å²) in [5, 5.41) is 20.0. The molecule has 0 unspecified atom stereocenters. The van der Waals surface area contributed by atoms with E-state index in [2.05, 4.69) is 15.4 Å². The summed E-state index contributed by atoms with van der Waals surface area (Å²) in [6.45, 7) is 3.73. The van der Waals surface area contributed by atoms with Gasteiger partial charge in [0.1, 0.15) is 5.70 Å². The molecule has 0 saturated carbocycles. The predicted octanol–water partition coefficient (Wildman–Crippen LogP) is -2.29. The highest BCUT2D eigenvalue weighted by Crippen LogP contribution is 2.52. The van der Waals surface area contributed by atoms with Crippen molar-refractivity contribution < 1.29 is 41.5 Å². The number of carboxylic acid groups (broad SMARTS) is 1. The number of aliphatic carboxylic acids is 1. The van der Waals surface area contributed by atoms with Crippen LogP contribution in [0.15, 0.2) is 10.6 Å². The summed E-state index contributed by atoms with van der Waals surface area (Å²) >= 11 is 1.25. The van der Waals surface area contributed by atoms with Gasteiger partial charge in [0, 0.05) is 53.8 Å². The van der Waals surface area contributed by atoms with Gasteiger partial charge in [-0.05, 0) is 19.8 Å². The molecule has 0 bridgehead atoms. The highest BCUT2D eigenvalue weighted by atomic mass is 32.2. The molecule has 224 valence electrons. The maximum Gasteiger partial charge on any atom is 0.353 e.